The molecule has 26 heavy (non-hydrogen) atoms. The summed E-state index contributed by atoms with van der Waals surface area (Å²) in [7, 11) is 0. The molecule has 144 valence electrons. The van der Waals surface area contributed by atoms with Gasteiger partial charge in [0.25, 0.3) is 0 Å². The van der Waals surface area contributed by atoms with Gasteiger partial charge in [-0.3, -0.25) is 10.1 Å². The van der Waals surface area contributed by atoms with E-state index in [1.807, 2.05) is 4.90 Å². The molecule has 0 saturated carbocycles. The summed E-state index contributed by atoms with van der Waals surface area (Å²) in [5.41, 5.74) is 5.83. The van der Waals surface area contributed by atoms with E-state index in [2.05, 4.69) is 40.5 Å². The summed E-state index contributed by atoms with van der Waals surface area (Å²) in [6, 6.07) is 0. The first kappa shape index (κ1) is 18.6. The third-order valence-corrected chi connectivity index (χ3v) is 5.33. The van der Waals surface area contributed by atoms with E-state index in [9.17, 15) is 10.1 Å². The highest BCUT2D eigenvalue weighted by Crippen LogP contribution is 2.34. The van der Waals surface area contributed by atoms with Crippen LogP contribution in [-0.2, 0) is 0 Å². The second kappa shape index (κ2) is 7.61. The normalized spacial score (nSPS) is 24.7. The first-order valence-corrected chi connectivity index (χ1v) is 9.43. The SMILES string of the molecule is CCN1CCN(c2nc(N3CC(C)CC(C)C3)nc(N)c2[N+](=O)[O-])CC1. The minimum Gasteiger partial charge on any atom is -0.378 e. The Morgan fingerprint density at radius 3 is 2.27 bits per heavy atom. The fourth-order valence-electron chi connectivity index (χ4n) is 4.09. The first-order valence-electron chi connectivity index (χ1n) is 9.43. The molecule has 1 aromatic rings. The topological polar surface area (TPSA) is 105 Å². The van der Waals surface area contributed by atoms with Crippen LogP contribution in [0.4, 0.5) is 23.3 Å². The van der Waals surface area contributed by atoms with Crippen molar-refractivity contribution in [2.75, 3.05) is 61.3 Å². The van der Waals surface area contributed by atoms with E-state index in [1.165, 1.54) is 6.42 Å². The van der Waals surface area contributed by atoms with Gasteiger partial charge in [0, 0.05) is 39.3 Å². The zero-order chi connectivity index (χ0) is 18.8. The number of hydrogen-bond donors (Lipinski definition) is 1. The van der Waals surface area contributed by atoms with Gasteiger partial charge in [-0.25, -0.2) is 0 Å². The third kappa shape index (κ3) is 3.82. The van der Waals surface area contributed by atoms with E-state index in [0.717, 1.165) is 32.7 Å². The number of nitro groups is 1. The average Bonchev–Trinajstić information content (AvgIpc) is 2.60. The Hall–Kier alpha value is -2.16. The number of nitrogens with zero attached hydrogens (tertiary/aromatic N) is 6. The lowest BCUT2D eigenvalue weighted by molar-refractivity contribution is -0.383. The van der Waals surface area contributed by atoms with Crippen molar-refractivity contribution < 1.29 is 4.92 Å². The molecule has 2 atom stereocenters. The molecule has 0 radical (unpaired) electrons. The summed E-state index contributed by atoms with van der Waals surface area (Å²) in [4.78, 5) is 26.5. The number of nitrogen functional groups attached to an aromatic ring is 1. The van der Waals surface area contributed by atoms with E-state index in [1.54, 1.807) is 0 Å². The van der Waals surface area contributed by atoms with E-state index in [-0.39, 0.29) is 11.5 Å². The van der Waals surface area contributed by atoms with Gasteiger partial charge in [0.15, 0.2) is 0 Å². The van der Waals surface area contributed by atoms with Crippen molar-refractivity contribution in [3.05, 3.63) is 10.1 Å². The lowest BCUT2D eigenvalue weighted by Gasteiger charge is -2.37. The molecule has 2 unspecified atom stereocenters. The van der Waals surface area contributed by atoms with Crippen LogP contribution in [0.2, 0.25) is 0 Å². The highest BCUT2D eigenvalue weighted by molar-refractivity contribution is 5.71. The van der Waals surface area contributed by atoms with Gasteiger partial charge < -0.3 is 20.4 Å². The van der Waals surface area contributed by atoms with Crippen LogP contribution in [0.5, 0.6) is 0 Å². The molecule has 2 fully saturated rings. The fraction of sp³-hybridized carbons (Fsp3) is 0.765. The van der Waals surface area contributed by atoms with E-state index in [4.69, 9.17) is 5.73 Å². The van der Waals surface area contributed by atoms with Crippen LogP contribution in [-0.4, -0.2) is 65.6 Å². The zero-order valence-corrected chi connectivity index (χ0v) is 15.9. The highest BCUT2D eigenvalue weighted by Gasteiger charge is 2.32. The van der Waals surface area contributed by atoms with Crippen LogP contribution in [0.3, 0.4) is 0 Å². The third-order valence-electron chi connectivity index (χ3n) is 5.33. The number of hydrogen-bond acceptors (Lipinski definition) is 8. The predicted molar refractivity (Wildman–Crippen MR) is 103 cm³/mol. The quantitative estimate of drug-likeness (QED) is 0.635. The summed E-state index contributed by atoms with van der Waals surface area (Å²) >= 11 is 0. The van der Waals surface area contributed by atoms with Crippen LogP contribution in [0.15, 0.2) is 0 Å². The van der Waals surface area contributed by atoms with Gasteiger partial charge in [0.05, 0.1) is 4.92 Å². The minimum absolute atomic E-state index is 0.0428. The second-order valence-electron chi connectivity index (χ2n) is 7.61. The van der Waals surface area contributed by atoms with Crippen molar-refractivity contribution in [2.45, 2.75) is 27.2 Å². The Morgan fingerprint density at radius 1 is 1.12 bits per heavy atom. The van der Waals surface area contributed by atoms with Crippen molar-refractivity contribution >= 4 is 23.3 Å². The van der Waals surface area contributed by atoms with Crippen LogP contribution in [0.1, 0.15) is 27.2 Å². The van der Waals surface area contributed by atoms with Crippen LogP contribution < -0.4 is 15.5 Å². The summed E-state index contributed by atoms with van der Waals surface area (Å²) in [6.45, 7) is 12.4. The van der Waals surface area contributed by atoms with Gasteiger partial charge in [-0.2, -0.15) is 9.97 Å². The second-order valence-corrected chi connectivity index (χ2v) is 7.61. The van der Waals surface area contributed by atoms with Crippen molar-refractivity contribution in [1.82, 2.24) is 14.9 Å². The van der Waals surface area contributed by atoms with Crippen LogP contribution >= 0.6 is 0 Å². The van der Waals surface area contributed by atoms with Crippen molar-refractivity contribution in [3.63, 3.8) is 0 Å². The van der Waals surface area contributed by atoms with Gasteiger partial charge >= 0.3 is 5.69 Å². The number of nitrogens with two attached hydrogens (primary N) is 1. The molecule has 1 aromatic heterocycles. The molecular weight excluding hydrogens is 334 g/mol. The van der Waals surface area contributed by atoms with Gasteiger partial charge in [0.2, 0.25) is 17.6 Å². The molecular formula is C17H29N7O2. The Morgan fingerprint density at radius 2 is 1.73 bits per heavy atom. The van der Waals surface area contributed by atoms with Gasteiger partial charge in [0.1, 0.15) is 0 Å². The van der Waals surface area contributed by atoms with Crippen molar-refractivity contribution in [3.8, 4) is 0 Å². The van der Waals surface area contributed by atoms with Gasteiger partial charge in [-0.1, -0.05) is 20.8 Å². The lowest BCUT2D eigenvalue weighted by atomic mass is 9.92. The molecule has 2 N–H and O–H groups in total. The van der Waals surface area contributed by atoms with E-state index < -0.39 is 4.92 Å². The molecule has 3 heterocycles. The zero-order valence-electron chi connectivity index (χ0n) is 15.9. The molecule has 2 aliphatic rings. The molecule has 9 nitrogen and oxygen atoms in total. The molecule has 0 amide bonds. The Balaban J connectivity index is 1.93. The maximum Gasteiger partial charge on any atom is 0.353 e. The largest absolute Gasteiger partial charge is 0.378 e. The number of rotatable bonds is 4. The van der Waals surface area contributed by atoms with Gasteiger partial charge in [-0.15, -0.1) is 0 Å². The molecule has 9 heteroatoms. The van der Waals surface area contributed by atoms with Crippen molar-refractivity contribution in [2.24, 2.45) is 11.8 Å². The molecule has 0 aromatic carbocycles. The monoisotopic (exact) mass is 363 g/mol. The molecule has 2 saturated heterocycles. The Labute approximate surface area is 154 Å². The average molecular weight is 363 g/mol. The maximum absolute atomic E-state index is 11.6. The Kier molecular flexibility index (Phi) is 5.45. The summed E-state index contributed by atoms with van der Waals surface area (Å²) < 4.78 is 0. The number of anilines is 3. The molecule has 0 bridgehead atoms. The highest BCUT2D eigenvalue weighted by atomic mass is 16.6. The van der Waals surface area contributed by atoms with Gasteiger partial charge in [-0.05, 0) is 24.8 Å². The predicted octanol–water partition coefficient (Wildman–Crippen LogP) is 1.59. The maximum atomic E-state index is 11.6. The number of aromatic nitrogens is 2. The van der Waals surface area contributed by atoms with Crippen molar-refractivity contribution in [1.29, 1.82) is 0 Å². The molecule has 0 spiro atoms. The fourth-order valence-corrected chi connectivity index (χ4v) is 4.09. The molecule has 2 aliphatic heterocycles. The first-order chi connectivity index (χ1) is 12.4. The lowest BCUT2D eigenvalue weighted by Crippen LogP contribution is -2.47. The van der Waals surface area contributed by atoms with Crippen LogP contribution in [0.25, 0.3) is 0 Å². The number of piperazine rings is 1. The standard InChI is InChI=1S/C17H29N7O2/c1-4-21-5-7-22(8-6-21)16-14(24(25)26)15(18)19-17(20-16)23-10-12(2)9-13(3)11-23/h12-13H,4-11H2,1-3H3,(H2,18,19,20). The minimum atomic E-state index is -0.456. The molecule has 0 aliphatic carbocycles. The Bertz CT molecular complexity index is 651. The van der Waals surface area contributed by atoms with E-state index >= 15 is 0 Å². The summed E-state index contributed by atoms with van der Waals surface area (Å²) in [5.74, 6) is 1.91. The molecule has 3 rings (SSSR count). The van der Waals surface area contributed by atoms with E-state index in [0.29, 0.717) is 36.7 Å². The summed E-state index contributed by atoms with van der Waals surface area (Å²) in [5, 5.41) is 11.6. The van der Waals surface area contributed by atoms with Crippen LogP contribution in [0, 0.1) is 22.0 Å². The number of piperidine rings is 1. The number of likely N-dealkylation sites (N-methyl/N-ethyl adjacent to an activating group) is 1. The smallest absolute Gasteiger partial charge is 0.353 e. The summed E-state index contributed by atoms with van der Waals surface area (Å²) in [6.07, 6.45) is 1.17.